The Hall–Kier alpha value is -1.10. The highest BCUT2D eigenvalue weighted by Crippen LogP contribution is 2.22. The number of rotatable bonds is 2. The Balaban J connectivity index is 2.85. The second kappa shape index (κ2) is 5.26. The van der Waals surface area contributed by atoms with Crippen molar-refractivity contribution in [1.82, 2.24) is 15.5 Å². The first kappa shape index (κ1) is 15.0. The van der Waals surface area contributed by atoms with Crippen LogP contribution in [0.25, 0.3) is 0 Å². The molecule has 104 valence electrons. The minimum absolute atomic E-state index is 0.119. The Bertz CT molecular complexity index is 337. The van der Waals surface area contributed by atoms with Crippen LogP contribution in [0.4, 0.5) is 4.79 Å². The molecule has 0 radical (unpaired) electrons. The minimum atomic E-state index is -0.291. The van der Waals surface area contributed by atoms with Gasteiger partial charge in [-0.2, -0.15) is 0 Å². The van der Waals surface area contributed by atoms with Gasteiger partial charge in [0.2, 0.25) is 5.91 Å². The van der Waals surface area contributed by atoms with Crippen molar-refractivity contribution >= 4 is 11.9 Å². The van der Waals surface area contributed by atoms with Gasteiger partial charge in [-0.05, 0) is 34.1 Å². The van der Waals surface area contributed by atoms with Gasteiger partial charge in [-0.25, -0.2) is 4.79 Å². The predicted molar refractivity (Wildman–Crippen MR) is 71.3 cm³/mol. The fraction of sp³-hybridized carbons (Fsp3) is 0.846. The number of nitrogens with zero attached hydrogens (tertiary/aromatic N) is 1. The van der Waals surface area contributed by atoms with Crippen LogP contribution in [-0.2, 0) is 4.79 Å². The van der Waals surface area contributed by atoms with E-state index in [0.717, 1.165) is 6.42 Å². The molecule has 1 aliphatic rings. The summed E-state index contributed by atoms with van der Waals surface area (Å²) in [6.45, 7) is 11.0. The number of carbonyl (C=O) groups is 2. The van der Waals surface area contributed by atoms with E-state index in [-0.39, 0.29) is 23.0 Å². The van der Waals surface area contributed by atoms with Crippen LogP contribution >= 0.6 is 0 Å². The second-order valence-electron chi connectivity index (χ2n) is 6.28. The average molecular weight is 255 g/mol. The zero-order chi connectivity index (χ0) is 14.0. The molecule has 0 spiro atoms. The standard InChI is InChI=1S/C13H25N3O2/c1-6-7-14-11(18)16-9-13(4,5)15-12(2,3)8-10(16)17/h15H,6-9H2,1-5H3,(H,14,18). The van der Waals surface area contributed by atoms with Crippen LogP contribution in [-0.4, -0.2) is 41.0 Å². The molecule has 1 fully saturated rings. The molecule has 0 saturated carbocycles. The van der Waals surface area contributed by atoms with Gasteiger partial charge in [0, 0.05) is 30.6 Å². The number of imide groups is 1. The van der Waals surface area contributed by atoms with Crippen LogP contribution < -0.4 is 10.6 Å². The van der Waals surface area contributed by atoms with Gasteiger partial charge in [-0.3, -0.25) is 9.69 Å². The molecule has 1 heterocycles. The van der Waals surface area contributed by atoms with Gasteiger partial charge in [0.25, 0.3) is 0 Å². The van der Waals surface area contributed by atoms with Crippen LogP contribution in [0.3, 0.4) is 0 Å². The number of nitrogens with one attached hydrogen (secondary N) is 2. The quantitative estimate of drug-likeness (QED) is 0.786. The summed E-state index contributed by atoms with van der Waals surface area (Å²) >= 11 is 0. The van der Waals surface area contributed by atoms with E-state index in [9.17, 15) is 9.59 Å². The summed E-state index contributed by atoms with van der Waals surface area (Å²) in [5, 5.41) is 6.19. The third kappa shape index (κ3) is 3.98. The molecule has 1 aliphatic heterocycles. The molecule has 0 bridgehead atoms. The number of carbonyl (C=O) groups excluding carboxylic acids is 2. The van der Waals surface area contributed by atoms with E-state index in [0.29, 0.717) is 19.5 Å². The zero-order valence-electron chi connectivity index (χ0n) is 12.1. The van der Waals surface area contributed by atoms with Gasteiger partial charge >= 0.3 is 6.03 Å². The molecule has 0 aromatic carbocycles. The maximum Gasteiger partial charge on any atom is 0.324 e. The Morgan fingerprint density at radius 3 is 2.50 bits per heavy atom. The summed E-state index contributed by atoms with van der Waals surface area (Å²) in [6.07, 6.45) is 1.19. The van der Waals surface area contributed by atoms with Crippen molar-refractivity contribution < 1.29 is 9.59 Å². The molecule has 1 saturated heterocycles. The highest BCUT2D eigenvalue weighted by molar-refractivity contribution is 5.95. The highest BCUT2D eigenvalue weighted by atomic mass is 16.2. The summed E-state index contributed by atoms with van der Waals surface area (Å²) in [5.74, 6) is -0.119. The minimum Gasteiger partial charge on any atom is -0.338 e. The third-order valence-corrected chi connectivity index (χ3v) is 2.90. The monoisotopic (exact) mass is 255 g/mol. The lowest BCUT2D eigenvalue weighted by Gasteiger charge is -2.34. The second-order valence-corrected chi connectivity index (χ2v) is 6.28. The van der Waals surface area contributed by atoms with Crippen LogP contribution in [0.1, 0.15) is 47.5 Å². The zero-order valence-corrected chi connectivity index (χ0v) is 12.1. The van der Waals surface area contributed by atoms with Crippen molar-refractivity contribution in [2.75, 3.05) is 13.1 Å². The first-order chi connectivity index (χ1) is 8.17. The van der Waals surface area contributed by atoms with E-state index in [1.807, 2.05) is 34.6 Å². The van der Waals surface area contributed by atoms with Crippen molar-refractivity contribution in [1.29, 1.82) is 0 Å². The van der Waals surface area contributed by atoms with E-state index < -0.39 is 0 Å². The van der Waals surface area contributed by atoms with E-state index in [4.69, 9.17) is 0 Å². The van der Waals surface area contributed by atoms with E-state index >= 15 is 0 Å². The number of hydrogen-bond donors (Lipinski definition) is 2. The highest BCUT2D eigenvalue weighted by Gasteiger charge is 2.39. The molecule has 0 unspecified atom stereocenters. The first-order valence-electron chi connectivity index (χ1n) is 6.54. The van der Waals surface area contributed by atoms with Gasteiger partial charge in [-0.1, -0.05) is 6.92 Å². The van der Waals surface area contributed by atoms with Gasteiger partial charge in [-0.15, -0.1) is 0 Å². The van der Waals surface area contributed by atoms with Crippen molar-refractivity contribution in [3.63, 3.8) is 0 Å². The molecule has 0 aromatic rings. The van der Waals surface area contributed by atoms with Crippen LogP contribution in [0.2, 0.25) is 0 Å². The molecule has 18 heavy (non-hydrogen) atoms. The van der Waals surface area contributed by atoms with Crippen LogP contribution in [0.5, 0.6) is 0 Å². The summed E-state index contributed by atoms with van der Waals surface area (Å²) < 4.78 is 0. The molecule has 2 N–H and O–H groups in total. The Morgan fingerprint density at radius 2 is 1.94 bits per heavy atom. The van der Waals surface area contributed by atoms with Crippen LogP contribution in [0, 0.1) is 0 Å². The van der Waals surface area contributed by atoms with Gasteiger partial charge in [0.05, 0.1) is 0 Å². The smallest absolute Gasteiger partial charge is 0.324 e. The van der Waals surface area contributed by atoms with Gasteiger partial charge in [0.1, 0.15) is 0 Å². The van der Waals surface area contributed by atoms with Crippen molar-refractivity contribution in [2.45, 2.75) is 58.5 Å². The molecule has 5 heteroatoms. The molecule has 0 aromatic heterocycles. The Kier molecular flexibility index (Phi) is 4.37. The Morgan fingerprint density at radius 1 is 1.33 bits per heavy atom. The van der Waals surface area contributed by atoms with Crippen molar-refractivity contribution in [2.24, 2.45) is 0 Å². The normalized spacial score (nSPS) is 22.5. The fourth-order valence-electron chi connectivity index (χ4n) is 2.47. The molecule has 0 atom stereocenters. The van der Waals surface area contributed by atoms with E-state index in [1.54, 1.807) is 0 Å². The molecule has 0 aliphatic carbocycles. The summed E-state index contributed by atoms with van der Waals surface area (Å²) in [5.41, 5.74) is -0.570. The summed E-state index contributed by atoms with van der Waals surface area (Å²) in [4.78, 5) is 25.5. The molecular formula is C13H25N3O2. The lowest BCUT2D eigenvalue weighted by molar-refractivity contribution is -0.128. The SMILES string of the molecule is CCCNC(=O)N1CC(C)(C)NC(C)(C)CC1=O. The van der Waals surface area contributed by atoms with E-state index in [2.05, 4.69) is 10.6 Å². The topological polar surface area (TPSA) is 61.4 Å². The molecule has 5 nitrogen and oxygen atoms in total. The predicted octanol–water partition coefficient (Wildman–Crippen LogP) is 1.49. The van der Waals surface area contributed by atoms with Crippen molar-refractivity contribution in [3.8, 4) is 0 Å². The van der Waals surface area contributed by atoms with Gasteiger partial charge in [0.15, 0.2) is 0 Å². The largest absolute Gasteiger partial charge is 0.338 e. The number of hydrogen-bond acceptors (Lipinski definition) is 3. The van der Waals surface area contributed by atoms with Crippen molar-refractivity contribution in [3.05, 3.63) is 0 Å². The maximum absolute atomic E-state index is 12.1. The third-order valence-electron chi connectivity index (χ3n) is 2.90. The summed E-state index contributed by atoms with van der Waals surface area (Å²) in [6, 6.07) is -0.283. The summed E-state index contributed by atoms with van der Waals surface area (Å²) in [7, 11) is 0. The maximum atomic E-state index is 12.1. The van der Waals surface area contributed by atoms with E-state index in [1.165, 1.54) is 4.90 Å². The lowest BCUT2D eigenvalue weighted by atomic mass is 9.96. The van der Waals surface area contributed by atoms with Gasteiger partial charge < -0.3 is 10.6 Å². The average Bonchev–Trinajstić information content (AvgIpc) is 2.27. The number of amides is 3. The lowest BCUT2D eigenvalue weighted by Crippen LogP contribution is -2.55. The van der Waals surface area contributed by atoms with Crippen LogP contribution in [0.15, 0.2) is 0 Å². The Labute approximate surface area is 109 Å². The fourth-order valence-corrected chi connectivity index (χ4v) is 2.47. The first-order valence-corrected chi connectivity index (χ1v) is 6.54. The number of urea groups is 1. The molecule has 3 amide bonds. The molecular weight excluding hydrogens is 230 g/mol. The molecule has 1 rings (SSSR count).